The molecule has 5 nitrogen and oxygen atoms in total. The molecule has 0 aliphatic rings. The topological polar surface area (TPSA) is 78.4 Å². The minimum absolute atomic E-state index is 0.158. The fourth-order valence-electron chi connectivity index (χ4n) is 1.68. The van der Waals surface area contributed by atoms with Gasteiger partial charge in [-0.3, -0.25) is 4.72 Å². The summed E-state index contributed by atoms with van der Waals surface area (Å²) in [5.41, 5.74) is 1.63. The predicted molar refractivity (Wildman–Crippen MR) is 77.6 cm³/mol. The lowest BCUT2D eigenvalue weighted by Crippen LogP contribution is -2.22. The molecule has 1 aromatic rings. The monoisotopic (exact) mass is 286 g/mol. The fraction of sp³-hybridized carbons (Fsp3) is 0.538. The SMILES string of the molecule is CC(O)CCNC(C)c1ccc(NS(C)(=O)=O)cc1. The molecule has 1 aromatic carbocycles. The largest absolute Gasteiger partial charge is 0.393 e. The Balaban J connectivity index is 2.55. The summed E-state index contributed by atoms with van der Waals surface area (Å²) in [5, 5.41) is 12.5. The fourth-order valence-corrected chi connectivity index (χ4v) is 2.24. The highest BCUT2D eigenvalue weighted by Gasteiger charge is 2.06. The van der Waals surface area contributed by atoms with Crippen molar-refractivity contribution in [2.45, 2.75) is 32.4 Å². The van der Waals surface area contributed by atoms with Crippen LogP contribution in [0.1, 0.15) is 31.9 Å². The maximum atomic E-state index is 11.1. The Morgan fingerprint density at radius 2 is 1.79 bits per heavy atom. The van der Waals surface area contributed by atoms with Crippen molar-refractivity contribution in [3.05, 3.63) is 29.8 Å². The zero-order valence-corrected chi connectivity index (χ0v) is 12.4. The summed E-state index contributed by atoms with van der Waals surface area (Å²) in [6.45, 7) is 4.53. The second-order valence-electron chi connectivity index (χ2n) is 4.81. The van der Waals surface area contributed by atoms with E-state index < -0.39 is 10.0 Å². The highest BCUT2D eigenvalue weighted by atomic mass is 32.2. The Labute approximate surface area is 115 Å². The number of nitrogens with one attached hydrogen (secondary N) is 2. The zero-order chi connectivity index (χ0) is 14.5. The quantitative estimate of drug-likeness (QED) is 0.709. The number of hydrogen-bond donors (Lipinski definition) is 3. The van der Waals surface area contributed by atoms with E-state index in [0.29, 0.717) is 12.1 Å². The van der Waals surface area contributed by atoms with Crippen molar-refractivity contribution >= 4 is 15.7 Å². The third-order valence-electron chi connectivity index (χ3n) is 2.73. The number of anilines is 1. The Bertz CT molecular complexity index is 483. The molecule has 0 saturated carbocycles. The molecule has 0 spiro atoms. The van der Waals surface area contributed by atoms with Gasteiger partial charge in [-0.05, 0) is 44.5 Å². The Hall–Kier alpha value is -1.11. The first-order chi connectivity index (χ1) is 8.78. The maximum Gasteiger partial charge on any atom is 0.229 e. The number of aliphatic hydroxyl groups excluding tert-OH is 1. The van der Waals surface area contributed by atoms with E-state index in [-0.39, 0.29) is 12.1 Å². The van der Waals surface area contributed by atoms with Crippen LogP contribution in [0.5, 0.6) is 0 Å². The predicted octanol–water partition coefficient (Wildman–Crippen LogP) is 1.48. The molecule has 0 aromatic heterocycles. The third-order valence-corrected chi connectivity index (χ3v) is 3.33. The van der Waals surface area contributed by atoms with Gasteiger partial charge in [0.15, 0.2) is 0 Å². The first-order valence-electron chi connectivity index (χ1n) is 6.27. The van der Waals surface area contributed by atoms with E-state index in [0.717, 1.165) is 18.4 Å². The molecule has 19 heavy (non-hydrogen) atoms. The lowest BCUT2D eigenvalue weighted by atomic mass is 10.1. The first kappa shape index (κ1) is 15.9. The van der Waals surface area contributed by atoms with Gasteiger partial charge in [-0.1, -0.05) is 12.1 Å². The Morgan fingerprint density at radius 3 is 2.26 bits per heavy atom. The van der Waals surface area contributed by atoms with Gasteiger partial charge in [0.25, 0.3) is 0 Å². The van der Waals surface area contributed by atoms with Gasteiger partial charge >= 0.3 is 0 Å². The van der Waals surface area contributed by atoms with Crippen LogP contribution in [-0.4, -0.2) is 32.4 Å². The van der Waals surface area contributed by atoms with Gasteiger partial charge in [0.1, 0.15) is 0 Å². The molecule has 108 valence electrons. The van der Waals surface area contributed by atoms with E-state index in [1.807, 2.05) is 19.1 Å². The van der Waals surface area contributed by atoms with Crippen LogP contribution in [0.2, 0.25) is 0 Å². The molecule has 0 aliphatic carbocycles. The molecule has 1 rings (SSSR count). The zero-order valence-electron chi connectivity index (χ0n) is 11.6. The van der Waals surface area contributed by atoms with Crippen molar-refractivity contribution < 1.29 is 13.5 Å². The van der Waals surface area contributed by atoms with E-state index in [2.05, 4.69) is 10.0 Å². The van der Waals surface area contributed by atoms with E-state index >= 15 is 0 Å². The molecule has 2 unspecified atom stereocenters. The molecule has 0 amide bonds. The van der Waals surface area contributed by atoms with Crippen molar-refractivity contribution in [1.82, 2.24) is 5.32 Å². The molecule has 0 radical (unpaired) electrons. The molecule has 0 saturated heterocycles. The highest BCUT2D eigenvalue weighted by Crippen LogP contribution is 2.16. The van der Waals surface area contributed by atoms with Crippen LogP contribution in [0, 0.1) is 0 Å². The van der Waals surface area contributed by atoms with Crippen LogP contribution >= 0.6 is 0 Å². The lowest BCUT2D eigenvalue weighted by molar-refractivity contribution is 0.182. The van der Waals surface area contributed by atoms with Gasteiger partial charge in [-0.25, -0.2) is 8.42 Å². The summed E-state index contributed by atoms with van der Waals surface area (Å²) in [4.78, 5) is 0. The lowest BCUT2D eigenvalue weighted by Gasteiger charge is -2.15. The van der Waals surface area contributed by atoms with E-state index in [1.165, 1.54) is 0 Å². The standard InChI is InChI=1S/C13H22N2O3S/c1-10(16)8-9-14-11(2)12-4-6-13(7-5-12)15-19(3,17)18/h4-7,10-11,14-16H,8-9H2,1-3H3. The van der Waals surface area contributed by atoms with Gasteiger partial charge < -0.3 is 10.4 Å². The number of hydrogen-bond acceptors (Lipinski definition) is 4. The van der Waals surface area contributed by atoms with Gasteiger partial charge in [0.05, 0.1) is 12.4 Å². The van der Waals surface area contributed by atoms with Crippen LogP contribution in [0.15, 0.2) is 24.3 Å². The van der Waals surface area contributed by atoms with Crippen molar-refractivity contribution in [3.63, 3.8) is 0 Å². The average Bonchev–Trinajstić information content (AvgIpc) is 2.27. The van der Waals surface area contributed by atoms with Crippen LogP contribution in [0.3, 0.4) is 0 Å². The number of aliphatic hydroxyl groups is 1. The summed E-state index contributed by atoms with van der Waals surface area (Å²) in [6, 6.07) is 7.40. The molecule has 3 N–H and O–H groups in total. The molecule has 2 atom stereocenters. The summed E-state index contributed by atoms with van der Waals surface area (Å²) < 4.78 is 24.6. The van der Waals surface area contributed by atoms with Crippen LogP contribution in [-0.2, 0) is 10.0 Å². The van der Waals surface area contributed by atoms with E-state index in [4.69, 9.17) is 0 Å². The molecular formula is C13H22N2O3S. The third kappa shape index (κ3) is 6.56. The molecule has 0 fully saturated rings. The van der Waals surface area contributed by atoms with Gasteiger partial charge in [-0.15, -0.1) is 0 Å². The summed E-state index contributed by atoms with van der Waals surface area (Å²) in [5.74, 6) is 0. The van der Waals surface area contributed by atoms with E-state index in [9.17, 15) is 13.5 Å². The van der Waals surface area contributed by atoms with Crippen molar-refractivity contribution in [2.24, 2.45) is 0 Å². The van der Waals surface area contributed by atoms with E-state index in [1.54, 1.807) is 19.1 Å². The minimum atomic E-state index is -3.23. The molecule has 0 bridgehead atoms. The summed E-state index contributed by atoms with van der Waals surface area (Å²) >= 11 is 0. The first-order valence-corrected chi connectivity index (χ1v) is 8.16. The smallest absolute Gasteiger partial charge is 0.229 e. The Kier molecular flexibility index (Phi) is 5.78. The normalized spacial score (nSPS) is 14.9. The average molecular weight is 286 g/mol. The highest BCUT2D eigenvalue weighted by molar-refractivity contribution is 7.92. The molecule has 0 aliphatic heterocycles. The van der Waals surface area contributed by atoms with Crippen molar-refractivity contribution in [3.8, 4) is 0 Å². The van der Waals surface area contributed by atoms with Crippen molar-refractivity contribution in [1.29, 1.82) is 0 Å². The van der Waals surface area contributed by atoms with Crippen LogP contribution in [0.25, 0.3) is 0 Å². The second-order valence-corrected chi connectivity index (χ2v) is 6.56. The number of benzene rings is 1. The van der Waals surface area contributed by atoms with Crippen LogP contribution in [0.4, 0.5) is 5.69 Å². The molecule has 0 heterocycles. The Morgan fingerprint density at radius 1 is 1.21 bits per heavy atom. The van der Waals surface area contributed by atoms with Crippen molar-refractivity contribution in [2.75, 3.05) is 17.5 Å². The summed E-state index contributed by atoms with van der Waals surface area (Å²) in [6.07, 6.45) is 1.53. The molecule has 6 heteroatoms. The number of sulfonamides is 1. The van der Waals surface area contributed by atoms with Crippen LogP contribution < -0.4 is 10.0 Å². The number of rotatable bonds is 7. The van der Waals surface area contributed by atoms with Gasteiger partial charge in [0.2, 0.25) is 10.0 Å². The summed E-state index contributed by atoms with van der Waals surface area (Å²) in [7, 11) is -3.23. The van der Waals surface area contributed by atoms with Gasteiger partial charge in [0, 0.05) is 11.7 Å². The second kappa shape index (κ2) is 6.88. The minimum Gasteiger partial charge on any atom is -0.393 e. The van der Waals surface area contributed by atoms with Gasteiger partial charge in [-0.2, -0.15) is 0 Å². The maximum absolute atomic E-state index is 11.1. The molecular weight excluding hydrogens is 264 g/mol.